The van der Waals surface area contributed by atoms with Crippen molar-refractivity contribution >= 4 is 38.7 Å². The fourth-order valence-corrected chi connectivity index (χ4v) is 6.31. The van der Waals surface area contributed by atoms with Gasteiger partial charge in [-0.3, -0.25) is 9.71 Å². The smallest absolute Gasteiger partial charge is 0.229 e. The largest absolute Gasteiger partial charge is 0.495 e. The van der Waals surface area contributed by atoms with E-state index in [1.54, 1.807) is 18.3 Å². The van der Waals surface area contributed by atoms with E-state index in [9.17, 15) is 8.42 Å². The second kappa shape index (κ2) is 10.1. The van der Waals surface area contributed by atoms with Crippen LogP contribution in [0.3, 0.4) is 0 Å². The quantitative estimate of drug-likeness (QED) is 0.422. The summed E-state index contributed by atoms with van der Waals surface area (Å²) in [6, 6.07) is 15.7. The molecule has 2 N–H and O–H groups in total. The predicted molar refractivity (Wildman–Crippen MR) is 146 cm³/mol. The SMILES string of the molecule is COc1ccc(N2C(=S)N[C@@H](c3ccccn3)[C@@H]2c2cccn2C2CCCCC2)cc1NS(C)(=O)=O. The van der Waals surface area contributed by atoms with Gasteiger partial charge in [-0.15, -0.1) is 0 Å². The third kappa shape index (κ3) is 4.92. The molecule has 1 aliphatic heterocycles. The zero-order valence-corrected chi connectivity index (χ0v) is 22.1. The predicted octanol–water partition coefficient (Wildman–Crippen LogP) is 4.95. The summed E-state index contributed by atoms with van der Waals surface area (Å²) >= 11 is 5.87. The highest BCUT2D eigenvalue weighted by Gasteiger charge is 2.42. The maximum absolute atomic E-state index is 12.0. The standard InChI is InChI=1S/C26H31N5O3S2/c1-34-23-14-13-19(17-21(23)29-36(2,32)33)31-25(24(28-26(31)35)20-11-6-7-15-27-20)22-12-8-16-30(22)18-9-4-3-5-10-18/h6-8,11-18,24-25,29H,3-5,9-10H2,1-2H3,(H,28,35)/t24-,25-/m0/s1. The molecule has 0 radical (unpaired) electrons. The molecular formula is C26H31N5O3S2. The van der Waals surface area contributed by atoms with Crippen LogP contribution in [0.2, 0.25) is 0 Å². The number of nitrogens with zero attached hydrogens (tertiary/aromatic N) is 3. The van der Waals surface area contributed by atoms with Crippen molar-refractivity contribution in [2.45, 2.75) is 50.2 Å². The number of ether oxygens (including phenoxy) is 1. The summed E-state index contributed by atoms with van der Waals surface area (Å²) in [5.74, 6) is 0.436. The normalized spacial score (nSPS) is 20.8. The molecule has 1 saturated carbocycles. The van der Waals surface area contributed by atoms with Crippen LogP contribution < -0.4 is 19.7 Å². The van der Waals surface area contributed by atoms with Gasteiger partial charge in [-0.1, -0.05) is 25.3 Å². The van der Waals surface area contributed by atoms with Crippen LogP contribution in [0, 0.1) is 0 Å². The first-order valence-corrected chi connectivity index (χ1v) is 14.5. The number of pyridine rings is 1. The lowest BCUT2D eigenvalue weighted by molar-refractivity contribution is 0.340. The molecule has 2 fully saturated rings. The van der Waals surface area contributed by atoms with E-state index in [-0.39, 0.29) is 12.1 Å². The molecule has 8 nitrogen and oxygen atoms in total. The number of benzene rings is 1. The van der Waals surface area contributed by atoms with Crippen molar-refractivity contribution in [1.29, 1.82) is 0 Å². The summed E-state index contributed by atoms with van der Waals surface area (Å²) < 4.78 is 34.5. The first-order valence-electron chi connectivity index (χ1n) is 12.2. The van der Waals surface area contributed by atoms with Gasteiger partial charge in [-0.05, 0) is 67.5 Å². The number of aromatic nitrogens is 2. The number of hydrogen-bond acceptors (Lipinski definition) is 5. The van der Waals surface area contributed by atoms with E-state index >= 15 is 0 Å². The third-order valence-electron chi connectivity index (χ3n) is 6.94. The fourth-order valence-electron chi connectivity index (χ4n) is 5.41. The Hall–Kier alpha value is -3.11. The number of anilines is 2. The Morgan fingerprint density at radius 1 is 1.11 bits per heavy atom. The second-order valence-corrected chi connectivity index (χ2v) is 11.5. The van der Waals surface area contributed by atoms with E-state index in [1.165, 1.54) is 26.4 Å². The zero-order valence-electron chi connectivity index (χ0n) is 20.4. The van der Waals surface area contributed by atoms with Gasteiger partial charge in [0.2, 0.25) is 10.0 Å². The van der Waals surface area contributed by atoms with Gasteiger partial charge in [-0.2, -0.15) is 0 Å². The number of sulfonamides is 1. The molecule has 5 rings (SSSR count). The lowest BCUT2D eigenvalue weighted by atomic mass is 9.94. The van der Waals surface area contributed by atoms with Gasteiger partial charge in [0.1, 0.15) is 11.8 Å². The van der Waals surface area contributed by atoms with Crippen molar-refractivity contribution in [1.82, 2.24) is 14.9 Å². The molecule has 0 spiro atoms. The molecule has 2 atom stereocenters. The first-order chi connectivity index (χ1) is 17.4. The van der Waals surface area contributed by atoms with Crippen LogP contribution in [0.15, 0.2) is 60.9 Å². The average Bonchev–Trinajstić information content (AvgIpc) is 3.48. The molecule has 0 unspecified atom stereocenters. The second-order valence-electron chi connectivity index (χ2n) is 9.39. The summed E-state index contributed by atoms with van der Waals surface area (Å²) in [4.78, 5) is 6.72. The molecule has 1 aromatic carbocycles. The lowest BCUT2D eigenvalue weighted by Crippen LogP contribution is -2.31. The third-order valence-corrected chi connectivity index (χ3v) is 7.84. The van der Waals surface area contributed by atoms with Crippen molar-refractivity contribution in [2.75, 3.05) is 23.0 Å². The van der Waals surface area contributed by atoms with Crippen molar-refractivity contribution < 1.29 is 13.2 Å². The Morgan fingerprint density at radius 2 is 1.92 bits per heavy atom. The minimum atomic E-state index is -3.51. The molecule has 2 aromatic heterocycles. The molecule has 0 bridgehead atoms. The topological polar surface area (TPSA) is 88.5 Å². The van der Waals surface area contributed by atoms with Crippen LogP contribution in [0.5, 0.6) is 5.75 Å². The minimum Gasteiger partial charge on any atom is -0.495 e. The Labute approximate surface area is 217 Å². The van der Waals surface area contributed by atoms with Crippen molar-refractivity contribution in [3.8, 4) is 5.75 Å². The van der Waals surface area contributed by atoms with Crippen molar-refractivity contribution in [3.05, 3.63) is 72.3 Å². The van der Waals surface area contributed by atoms with Crippen LogP contribution in [0.4, 0.5) is 11.4 Å². The highest BCUT2D eigenvalue weighted by atomic mass is 32.2. The zero-order chi connectivity index (χ0) is 25.3. The van der Waals surface area contributed by atoms with Crippen molar-refractivity contribution in [2.24, 2.45) is 0 Å². The van der Waals surface area contributed by atoms with E-state index in [2.05, 4.69) is 42.8 Å². The maximum atomic E-state index is 12.0. The van der Waals surface area contributed by atoms with E-state index in [0.717, 1.165) is 36.2 Å². The van der Waals surface area contributed by atoms with Gasteiger partial charge >= 0.3 is 0 Å². The van der Waals surface area contributed by atoms with Crippen LogP contribution in [-0.4, -0.2) is 36.4 Å². The number of nitrogens with one attached hydrogen (secondary N) is 2. The van der Waals surface area contributed by atoms with Crippen molar-refractivity contribution in [3.63, 3.8) is 0 Å². The molecule has 0 amide bonds. The molecule has 2 aliphatic rings. The molecule has 36 heavy (non-hydrogen) atoms. The van der Waals surface area contributed by atoms with Crippen LogP contribution in [0.25, 0.3) is 0 Å². The van der Waals surface area contributed by atoms with Gasteiger partial charge in [0.05, 0.1) is 30.8 Å². The summed E-state index contributed by atoms with van der Waals surface area (Å²) in [6.45, 7) is 0. The van der Waals surface area contributed by atoms with Crippen LogP contribution in [0.1, 0.15) is 61.6 Å². The Kier molecular flexibility index (Phi) is 6.90. The molecule has 3 heterocycles. The van der Waals surface area contributed by atoms with E-state index in [1.807, 2.05) is 24.3 Å². The lowest BCUT2D eigenvalue weighted by Gasteiger charge is -2.32. The Bertz CT molecular complexity index is 1340. The summed E-state index contributed by atoms with van der Waals surface area (Å²) in [5, 5.41) is 4.05. The van der Waals surface area contributed by atoms with Crippen LogP contribution in [-0.2, 0) is 10.0 Å². The number of rotatable bonds is 7. The fraction of sp³-hybridized carbons (Fsp3) is 0.385. The molecule has 1 aliphatic carbocycles. The van der Waals surface area contributed by atoms with E-state index < -0.39 is 10.0 Å². The molecule has 10 heteroatoms. The van der Waals surface area contributed by atoms with Gasteiger partial charge < -0.3 is 19.5 Å². The molecule has 190 valence electrons. The molecule has 1 saturated heterocycles. The highest BCUT2D eigenvalue weighted by Crippen LogP contribution is 2.44. The Morgan fingerprint density at radius 3 is 2.61 bits per heavy atom. The molecule has 3 aromatic rings. The monoisotopic (exact) mass is 525 g/mol. The highest BCUT2D eigenvalue weighted by molar-refractivity contribution is 7.92. The number of thiocarbonyl (C=S) groups is 1. The molecular weight excluding hydrogens is 494 g/mol. The maximum Gasteiger partial charge on any atom is 0.229 e. The van der Waals surface area contributed by atoms with Gasteiger partial charge in [-0.25, -0.2) is 8.42 Å². The summed E-state index contributed by atoms with van der Waals surface area (Å²) in [6.07, 6.45) is 11.2. The van der Waals surface area contributed by atoms with Crippen LogP contribution >= 0.6 is 12.2 Å². The average molecular weight is 526 g/mol. The van der Waals surface area contributed by atoms with Gasteiger partial charge in [0, 0.05) is 29.8 Å². The minimum absolute atomic E-state index is 0.177. The number of hydrogen-bond donors (Lipinski definition) is 2. The number of methoxy groups -OCH3 is 1. The van der Waals surface area contributed by atoms with Gasteiger partial charge in [0.15, 0.2) is 5.11 Å². The summed E-state index contributed by atoms with van der Waals surface area (Å²) in [5.41, 5.74) is 3.17. The van der Waals surface area contributed by atoms with Gasteiger partial charge in [0.25, 0.3) is 0 Å². The summed E-state index contributed by atoms with van der Waals surface area (Å²) in [7, 11) is -1.99. The Balaban J connectivity index is 1.62. The van der Waals surface area contributed by atoms with E-state index in [4.69, 9.17) is 17.0 Å². The van der Waals surface area contributed by atoms with E-state index in [0.29, 0.717) is 22.6 Å². The first kappa shape index (κ1) is 24.6.